The Bertz CT molecular complexity index is 375. The molecule has 0 aromatic heterocycles. The summed E-state index contributed by atoms with van der Waals surface area (Å²) in [5.74, 6) is 1.79. The van der Waals surface area contributed by atoms with Gasteiger partial charge >= 0.3 is 0 Å². The summed E-state index contributed by atoms with van der Waals surface area (Å²) in [6.45, 7) is 1.97. The standard InChI is InChI=1S/C14H17NO/c16-14(11-5-2-1-3-6-11)15-9-12-7-4-8-13(12)10-15/h1-3,5-6,12-13H,4,7-10H2/t12-,13+. The van der Waals surface area contributed by atoms with Crippen molar-refractivity contribution in [1.82, 2.24) is 4.90 Å². The molecule has 1 aliphatic carbocycles. The van der Waals surface area contributed by atoms with E-state index in [1.54, 1.807) is 0 Å². The van der Waals surface area contributed by atoms with Gasteiger partial charge in [-0.1, -0.05) is 24.6 Å². The minimum atomic E-state index is 0.218. The van der Waals surface area contributed by atoms with E-state index in [0.717, 1.165) is 30.5 Å². The molecular weight excluding hydrogens is 198 g/mol. The molecule has 2 aliphatic rings. The molecule has 1 heterocycles. The van der Waals surface area contributed by atoms with Crippen LogP contribution in [0.2, 0.25) is 0 Å². The topological polar surface area (TPSA) is 20.3 Å². The van der Waals surface area contributed by atoms with E-state index in [2.05, 4.69) is 0 Å². The van der Waals surface area contributed by atoms with Crippen LogP contribution in [0, 0.1) is 11.8 Å². The Balaban J connectivity index is 1.73. The Kier molecular flexibility index (Phi) is 2.43. The molecule has 84 valence electrons. The van der Waals surface area contributed by atoms with Crippen LogP contribution in [0.4, 0.5) is 0 Å². The molecule has 1 saturated carbocycles. The molecule has 0 spiro atoms. The Morgan fingerprint density at radius 2 is 1.69 bits per heavy atom. The van der Waals surface area contributed by atoms with Gasteiger partial charge in [-0.2, -0.15) is 0 Å². The first-order valence-electron chi connectivity index (χ1n) is 6.19. The first-order valence-corrected chi connectivity index (χ1v) is 6.19. The van der Waals surface area contributed by atoms with Gasteiger partial charge in [0.2, 0.25) is 0 Å². The quantitative estimate of drug-likeness (QED) is 0.705. The van der Waals surface area contributed by atoms with E-state index < -0.39 is 0 Å². The van der Waals surface area contributed by atoms with Crippen LogP contribution in [0.1, 0.15) is 29.6 Å². The zero-order valence-electron chi connectivity index (χ0n) is 9.43. The number of amides is 1. The second-order valence-electron chi connectivity index (χ2n) is 5.03. The van der Waals surface area contributed by atoms with E-state index in [9.17, 15) is 4.79 Å². The number of hydrogen-bond donors (Lipinski definition) is 0. The van der Waals surface area contributed by atoms with Crippen molar-refractivity contribution in [3.63, 3.8) is 0 Å². The third kappa shape index (κ3) is 1.62. The highest BCUT2D eigenvalue weighted by Crippen LogP contribution is 2.38. The molecule has 3 rings (SSSR count). The molecule has 2 fully saturated rings. The van der Waals surface area contributed by atoms with E-state index in [-0.39, 0.29) is 5.91 Å². The van der Waals surface area contributed by atoms with Crippen LogP contribution >= 0.6 is 0 Å². The van der Waals surface area contributed by atoms with Crippen molar-refractivity contribution in [3.05, 3.63) is 35.9 Å². The molecule has 0 bridgehead atoms. The minimum absolute atomic E-state index is 0.218. The average molecular weight is 215 g/mol. The van der Waals surface area contributed by atoms with Crippen LogP contribution in [0.3, 0.4) is 0 Å². The van der Waals surface area contributed by atoms with E-state index in [1.165, 1.54) is 19.3 Å². The summed E-state index contributed by atoms with van der Waals surface area (Å²) in [6.07, 6.45) is 4.01. The maximum atomic E-state index is 12.2. The monoisotopic (exact) mass is 215 g/mol. The fraction of sp³-hybridized carbons (Fsp3) is 0.500. The van der Waals surface area contributed by atoms with Gasteiger partial charge < -0.3 is 4.90 Å². The summed E-state index contributed by atoms with van der Waals surface area (Å²) in [7, 11) is 0. The molecule has 16 heavy (non-hydrogen) atoms. The van der Waals surface area contributed by atoms with Gasteiger partial charge in [0.25, 0.3) is 5.91 Å². The van der Waals surface area contributed by atoms with E-state index in [4.69, 9.17) is 0 Å². The molecule has 1 saturated heterocycles. The fourth-order valence-corrected chi connectivity index (χ4v) is 3.16. The van der Waals surface area contributed by atoms with Gasteiger partial charge in [0, 0.05) is 18.7 Å². The van der Waals surface area contributed by atoms with Crippen LogP contribution in [0.15, 0.2) is 30.3 Å². The van der Waals surface area contributed by atoms with Crippen molar-refractivity contribution < 1.29 is 4.79 Å². The van der Waals surface area contributed by atoms with Crippen LogP contribution in [-0.2, 0) is 0 Å². The number of hydrogen-bond acceptors (Lipinski definition) is 1. The summed E-state index contributed by atoms with van der Waals surface area (Å²) >= 11 is 0. The summed E-state index contributed by atoms with van der Waals surface area (Å²) in [5, 5.41) is 0. The maximum Gasteiger partial charge on any atom is 0.253 e. The fourth-order valence-electron chi connectivity index (χ4n) is 3.16. The highest BCUT2D eigenvalue weighted by atomic mass is 16.2. The zero-order chi connectivity index (χ0) is 11.0. The Morgan fingerprint density at radius 1 is 1.06 bits per heavy atom. The van der Waals surface area contributed by atoms with Gasteiger partial charge in [-0.05, 0) is 36.8 Å². The van der Waals surface area contributed by atoms with Crippen LogP contribution in [0.5, 0.6) is 0 Å². The molecule has 1 aromatic rings. The largest absolute Gasteiger partial charge is 0.338 e. The van der Waals surface area contributed by atoms with Crippen LogP contribution in [-0.4, -0.2) is 23.9 Å². The third-order valence-corrected chi connectivity index (χ3v) is 4.03. The number of rotatable bonds is 1. The van der Waals surface area contributed by atoms with Gasteiger partial charge in [0.1, 0.15) is 0 Å². The second kappa shape index (κ2) is 3.93. The summed E-state index contributed by atoms with van der Waals surface area (Å²) in [5.41, 5.74) is 0.836. The number of carbonyl (C=O) groups is 1. The molecule has 1 aromatic carbocycles. The van der Waals surface area contributed by atoms with Gasteiger partial charge in [-0.25, -0.2) is 0 Å². The lowest BCUT2D eigenvalue weighted by Crippen LogP contribution is -2.29. The lowest BCUT2D eigenvalue weighted by Gasteiger charge is -2.17. The lowest BCUT2D eigenvalue weighted by molar-refractivity contribution is 0.0780. The highest BCUT2D eigenvalue weighted by molar-refractivity contribution is 5.94. The number of fused-ring (bicyclic) bond motifs is 1. The second-order valence-corrected chi connectivity index (χ2v) is 5.03. The molecule has 0 N–H and O–H groups in total. The van der Waals surface area contributed by atoms with Gasteiger partial charge in [-0.15, -0.1) is 0 Å². The molecule has 2 atom stereocenters. The summed E-state index contributed by atoms with van der Waals surface area (Å²) in [4.78, 5) is 14.2. The Labute approximate surface area is 96.3 Å². The molecule has 1 amide bonds. The zero-order valence-corrected chi connectivity index (χ0v) is 9.43. The minimum Gasteiger partial charge on any atom is -0.338 e. The van der Waals surface area contributed by atoms with Crippen molar-refractivity contribution in [2.45, 2.75) is 19.3 Å². The SMILES string of the molecule is O=C(c1ccccc1)N1C[C@H]2CCC[C@H]2C1. The molecule has 2 heteroatoms. The summed E-state index contributed by atoms with van der Waals surface area (Å²) < 4.78 is 0. The molecule has 1 aliphatic heterocycles. The van der Waals surface area contributed by atoms with Crippen molar-refractivity contribution >= 4 is 5.91 Å². The van der Waals surface area contributed by atoms with Gasteiger partial charge in [0.15, 0.2) is 0 Å². The normalized spacial score (nSPS) is 28.1. The number of benzene rings is 1. The smallest absolute Gasteiger partial charge is 0.253 e. The molecular formula is C14H17NO. The van der Waals surface area contributed by atoms with Gasteiger partial charge in [0.05, 0.1) is 0 Å². The lowest BCUT2D eigenvalue weighted by atomic mass is 10.0. The highest BCUT2D eigenvalue weighted by Gasteiger charge is 2.38. The van der Waals surface area contributed by atoms with Crippen LogP contribution < -0.4 is 0 Å². The first kappa shape index (κ1) is 9.88. The molecule has 0 radical (unpaired) electrons. The number of nitrogens with zero attached hydrogens (tertiary/aromatic N) is 1. The average Bonchev–Trinajstić information content (AvgIpc) is 2.89. The maximum absolute atomic E-state index is 12.2. The van der Waals surface area contributed by atoms with Crippen LogP contribution in [0.25, 0.3) is 0 Å². The molecule has 0 unspecified atom stereocenters. The van der Waals surface area contributed by atoms with Crippen molar-refractivity contribution in [2.75, 3.05) is 13.1 Å². The Hall–Kier alpha value is -1.31. The van der Waals surface area contributed by atoms with Crippen molar-refractivity contribution in [3.8, 4) is 0 Å². The summed E-state index contributed by atoms with van der Waals surface area (Å²) in [6, 6.07) is 9.65. The van der Waals surface area contributed by atoms with E-state index >= 15 is 0 Å². The first-order chi connectivity index (χ1) is 7.84. The van der Waals surface area contributed by atoms with Crippen molar-refractivity contribution in [2.24, 2.45) is 11.8 Å². The third-order valence-electron chi connectivity index (χ3n) is 4.03. The van der Waals surface area contributed by atoms with E-state index in [0.29, 0.717) is 0 Å². The van der Waals surface area contributed by atoms with Gasteiger partial charge in [-0.3, -0.25) is 4.79 Å². The predicted molar refractivity (Wildman–Crippen MR) is 63.2 cm³/mol. The predicted octanol–water partition coefficient (Wildman–Crippen LogP) is 2.56. The number of carbonyl (C=O) groups excluding carboxylic acids is 1. The number of likely N-dealkylation sites (tertiary alicyclic amines) is 1. The molecule has 2 nitrogen and oxygen atoms in total. The van der Waals surface area contributed by atoms with E-state index in [1.807, 2.05) is 35.2 Å². The Morgan fingerprint density at radius 3 is 2.31 bits per heavy atom. The van der Waals surface area contributed by atoms with Crippen molar-refractivity contribution in [1.29, 1.82) is 0 Å².